The van der Waals surface area contributed by atoms with Crippen LogP contribution in [0.4, 0.5) is 18.9 Å². The number of ketones is 1. The van der Waals surface area contributed by atoms with Crippen molar-refractivity contribution in [3.05, 3.63) is 83.4 Å². The smallest absolute Gasteiger partial charge is 0.201 e. The number of anilines is 1. The molecule has 2 aromatic carbocycles. The second-order valence-corrected chi connectivity index (χ2v) is 7.79. The quantitative estimate of drug-likeness (QED) is 0.199. The van der Waals surface area contributed by atoms with Gasteiger partial charge in [-0.05, 0) is 42.3 Å². The number of rotatable bonds is 7. The Bertz CT molecular complexity index is 1260. The zero-order valence-electron chi connectivity index (χ0n) is 16.5. The third kappa shape index (κ3) is 4.16. The molecule has 31 heavy (non-hydrogen) atoms. The molecular formula is C23H18F3N3OS. The molecule has 0 atom stereocenters. The van der Waals surface area contributed by atoms with Gasteiger partial charge in [-0.1, -0.05) is 31.0 Å². The van der Waals surface area contributed by atoms with Gasteiger partial charge in [-0.3, -0.25) is 4.79 Å². The van der Waals surface area contributed by atoms with Crippen molar-refractivity contribution in [3.8, 4) is 11.1 Å². The predicted molar refractivity (Wildman–Crippen MR) is 118 cm³/mol. The lowest BCUT2D eigenvalue weighted by molar-refractivity contribution is 0.103. The topological polar surface area (TPSA) is 57.8 Å². The van der Waals surface area contributed by atoms with Crippen molar-refractivity contribution in [3.63, 3.8) is 0 Å². The molecule has 0 aliphatic carbocycles. The first-order chi connectivity index (χ1) is 15.0. The Morgan fingerprint density at radius 1 is 1.10 bits per heavy atom. The van der Waals surface area contributed by atoms with E-state index in [1.54, 1.807) is 24.4 Å². The van der Waals surface area contributed by atoms with Crippen LogP contribution < -0.4 is 4.72 Å². The van der Waals surface area contributed by atoms with Gasteiger partial charge < -0.3 is 9.71 Å². The van der Waals surface area contributed by atoms with E-state index in [4.69, 9.17) is 0 Å². The van der Waals surface area contributed by atoms with Gasteiger partial charge in [0, 0.05) is 34.7 Å². The number of pyridine rings is 1. The van der Waals surface area contributed by atoms with Gasteiger partial charge in [-0.2, -0.15) is 0 Å². The normalized spacial score (nSPS) is 11.1. The second kappa shape index (κ2) is 8.85. The molecule has 0 aliphatic heterocycles. The highest BCUT2D eigenvalue weighted by Crippen LogP contribution is 2.30. The van der Waals surface area contributed by atoms with E-state index < -0.39 is 23.0 Å². The number of H-pyrrole nitrogens is 1. The third-order valence-electron chi connectivity index (χ3n) is 4.76. The lowest BCUT2D eigenvalue weighted by atomic mass is 10.00. The van der Waals surface area contributed by atoms with E-state index in [0.717, 1.165) is 18.2 Å². The van der Waals surface area contributed by atoms with E-state index >= 15 is 0 Å². The molecule has 0 unspecified atom stereocenters. The maximum atomic E-state index is 15.0. The van der Waals surface area contributed by atoms with Crippen molar-refractivity contribution >= 4 is 34.5 Å². The van der Waals surface area contributed by atoms with Crippen LogP contribution >= 0.6 is 11.9 Å². The number of hydrogen-bond acceptors (Lipinski definition) is 4. The average molecular weight is 441 g/mol. The van der Waals surface area contributed by atoms with Gasteiger partial charge in [0.25, 0.3) is 0 Å². The van der Waals surface area contributed by atoms with Gasteiger partial charge in [0.15, 0.2) is 5.82 Å². The number of aromatic nitrogens is 2. The fraction of sp³-hybridized carbons (Fsp3) is 0.130. The Morgan fingerprint density at radius 3 is 2.61 bits per heavy atom. The van der Waals surface area contributed by atoms with Crippen LogP contribution in [0.3, 0.4) is 0 Å². The molecule has 0 saturated heterocycles. The molecule has 158 valence electrons. The lowest BCUT2D eigenvalue weighted by Gasteiger charge is -2.10. The molecule has 4 rings (SSSR count). The van der Waals surface area contributed by atoms with Gasteiger partial charge in [0.05, 0.1) is 11.3 Å². The van der Waals surface area contributed by atoms with E-state index in [0.29, 0.717) is 22.2 Å². The van der Waals surface area contributed by atoms with Crippen molar-refractivity contribution in [1.82, 2.24) is 9.97 Å². The Labute approximate surface area is 181 Å². The lowest BCUT2D eigenvalue weighted by Crippen LogP contribution is -2.09. The molecule has 8 heteroatoms. The van der Waals surface area contributed by atoms with Gasteiger partial charge in [-0.15, -0.1) is 0 Å². The number of halogens is 3. The van der Waals surface area contributed by atoms with Crippen LogP contribution in [0.15, 0.2) is 54.9 Å². The highest BCUT2D eigenvalue weighted by atomic mass is 32.2. The number of hydrogen-bond donors (Lipinski definition) is 2. The highest BCUT2D eigenvalue weighted by Gasteiger charge is 2.24. The van der Waals surface area contributed by atoms with E-state index in [-0.39, 0.29) is 17.1 Å². The molecule has 4 nitrogen and oxygen atoms in total. The zero-order chi connectivity index (χ0) is 22.0. The molecule has 2 aromatic heterocycles. The van der Waals surface area contributed by atoms with Gasteiger partial charge in [0.2, 0.25) is 5.78 Å². The van der Waals surface area contributed by atoms with Crippen molar-refractivity contribution in [2.24, 2.45) is 0 Å². The fourth-order valence-corrected chi connectivity index (χ4v) is 3.82. The summed E-state index contributed by atoms with van der Waals surface area (Å²) in [6.45, 7) is 1.98. The summed E-state index contributed by atoms with van der Waals surface area (Å²) in [6, 6.07) is 9.86. The average Bonchev–Trinajstić information content (AvgIpc) is 3.19. The first-order valence-corrected chi connectivity index (χ1v) is 10.6. The SMILES string of the molecule is CCCSNc1ccc(F)c(C(=O)c2c[nH]c3ncc(-c4ccc(F)cc4)cc23)c1F. The summed E-state index contributed by atoms with van der Waals surface area (Å²) in [6.07, 6.45) is 3.85. The van der Waals surface area contributed by atoms with E-state index in [1.165, 1.54) is 36.3 Å². The van der Waals surface area contributed by atoms with Crippen LogP contribution in [0, 0.1) is 17.5 Å². The van der Waals surface area contributed by atoms with E-state index in [2.05, 4.69) is 14.7 Å². The standard InChI is InChI=1S/C23H18F3N3OS/c1-2-9-31-29-19-8-7-18(25)20(21(19)26)22(30)17-12-28-23-16(17)10-14(11-27-23)13-3-5-15(24)6-4-13/h3-8,10-12,29H,2,9H2,1H3,(H,27,28). The summed E-state index contributed by atoms with van der Waals surface area (Å²) in [5.41, 5.74) is 1.27. The maximum Gasteiger partial charge on any atom is 0.201 e. The number of fused-ring (bicyclic) bond motifs is 1. The monoisotopic (exact) mass is 441 g/mol. The van der Waals surface area contributed by atoms with E-state index in [9.17, 15) is 18.0 Å². The summed E-state index contributed by atoms with van der Waals surface area (Å²) >= 11 is 1.28. The van der Waals surface area contributed by atoms with Gasteiger partial charge >= 0.3 is 0 Å². The van der Waals surface area contributed by atoms with Crippen LogP contribution in [-0.2, 0) is 0 Å². The molecule has 0 spiro atoms. The summed E-state index contributed by atoms with van der Waals surface area (Å²) in [4.78, 5) is 20.3. The molecule has 0 bridgehead atoms. The molecule has 0 aliphatic rings. The maximum absolute atomic E-state index is 15.0. The molecule has 2 heterocycles. The number of carbonyl (C=O) groups excluding carboxylic acids is 1. The molecule has 0 radical (unpaired) electrons. The minimum absolute atomic E-state index is 0.0492. The summed E-state index contributed by atoms with van der Waals surface area (Å²) in [5, 5.41) is 0.421. The first-order valence-electron chi connectivity index (χ1n) is 9.63. The van der Waals surface area contributed by atoms with E-state index in [1.807, 2.05) is 6.92 Å². The minimum Gasteiger partial charge on any atom is -0.345 e. The van der Waals surface area contributed by atoms with Crippen molar-refractivity contribution in [2.75, 3.05) is 10.5 Å². The molecule has 0 amide bonds. The van der Waals surface area contributed by atoms with Crippen LogP contribution in [0.2, 0.25) is 0 Å². The Balaban J connectivity index is 1.75. The third-order valence-corrected chi connectivity index (χ3v) is 5.74. The van der Waals surface area contributed by atoms with Gasteiger partial charge in [0.1, 0.15) is 17.3 Å². The number of nitrogens with zero attached hydrogens (tertiary/aromatic N) is 1. The molecular weight excluding hydrogens is 423 g/mol. The molecule has 2 N–H and O–H groups in total. The minimum atomic E-state index is -0.939. The Hall–Kier alpha value is -3.26. The number of aromatic amines is 1. The summed E-state index contributed by atoms with van der Waals surface area (Å²) < 4.78 is 45.5. The van der Waals surface area contributed by atoms with Crippen LogP contribution in [0.5, 0.6) is 0 Å². The number of benzene rings is 2. The summed E-state index contributed by atoms with van der Waals surface area (Å²) in [5.74, 6) is -2.30. The van der Waals surface area contributed by atoms with Crippen LogP contribution in [-0.4, -0.2) is 21.5 Å². The largest absolute Gasteiger partial charge is 0.345 e. The zero-order valence-corrected chi connectivity index (χ0v) is 17.3. The molecule has 0 saturated carbocycles. The summed E-state index contributed by atoms with van der Waals surface area (Å²) in [7, 11) is 0. The Morgan fingerprint density at radius 2 is 1.87 bits per heavy atom. The predicted octanol–water partition coefficient (Wildman–Crippen LogP) is 6.35. The highest BCUT2D eigenvalue weighted by molar-refractivity contribution is 8.00. The van der Waals surface area contributed by atoms with Crippen molar-refractivity contribution in [2.45, 2.75) is 13.3 Å². The van der Waals surface area contributed by atoms with Crippen molar-refractivity contribution in [1.29, 1.82) is 0 Å². The fourth-order valence-electron chi connectivity index (χ4n) is 3.20. The van der Waals surface area contributed by atoms with Crippen LogP contribution in [0.25, 0.3) is 22.2 Å². The van der Waals surface area contributed by atoms with Crippen LogP contribution in [0.1, 0.15) is 29.3 Å². The molecule has 0 fully saturated rings. The molecule has 4 aromatic rings. The van der Waals surface area contributed by atoms with Gasteiger partial charge in [-0.25, -0.2) is 18.2 Å². The Kier molecular flexibility index (Phi) is 5.99. The van der Waals surface area contributed by atoms with Crippen molar-refractivity contribution < 1.29 is 18.0 Å². The first kappa shape index (κ1) is 21.0. The number of carbonyl (C=O) groups is 1. The second-order valence-electron chi connectivity index (χ2n) is 6.89. The number of nitrogens with one attached hydrogen (secondary N) is 2.